The Labute approximate surface area is 143 Å². The second-order valence-corrected chi connectivity index (χ2v) is 5.79. The Morgan fingerprint density at radius 1 is 1.25 bits per heavy atom. The molecule has 8 heteroatoms. The van der Waals surface area contributed by atoms with Crippen LogP contribution in [0.4, 0.5) is 0 Å². The van der Waals surface area contributed by atoms with E-state index in [0.717, 1.165) is 5.69 Å². The second-order valence-electron chi connectivity index (χ2n) is 4.76. The van der Waals surface area contributed by atoms with Gasteiger partial charge in [0.1, 0.15) is 11.8 Å². The van der Waals surface area contributed by atoms with E-state index >= 15 is 0 Å². The fourth-order valence-electron chi connectivity index (χ4n) is 1.87. The number of thioether (sulfide) groups is 1. The van der Waals surface area contributed by atoms with Crippen LogP contribution < -0.4 is 5.32 Å². The van der Waals surface area contributed by atoms with Crippen LogP contribution in [0.1, 0.15) is 16.2 Å². The zero-order valence-electron chi connectivity index (χ0n) is 13.0. The van der Waals surface area contributed by atoms with E-state index in [-0.39, 0.29) is 11.4 Å². The number of amides is 1. The molecule has 2 N–H and O–H groups in total. The van der Waals surface area contributed by atoms with Crippen molar-refractivity contribution in [3.8, 4) is 5.75 Å². The number of carbonyl (C=O) groups is 2. The van der Waals surface area contributed by atoms with Gasteiger partial charge in [0.15, 0.2) is 5.69 Å². The van der Waals surface area contributed by atoms with Crippen LogP contribution in [0.2, 0.25) is 0 Å². The van der Waals surface area contributed by atoms with E-state index in [9.17, 15) is 14.7 Å². The molecule has 0 saturated heterocycles. The minimum absolute atomic E-state index is 0.138. The van der Waals surface area contributed by atoms with E-state index in [4.69, 9.17) is 4.74 Å². The van der Waals surface area contributed by atoms with Gasteiger partial charge in [0.25, 0.3) is 5.91 Å². The third-order valence-corrected chi connectivity index (χ3v) is 4.12. The summed E-state index contributed by atoms with van der Waals surface area (Å²) in [5.41, 5.74) is 0.737. The highest BCUT2D eigenvalue weighted by Gasteiger charge is 2.24. The average Bonchev–Trinajstić information content (AvgIpc) is 2.61. The van der Waals surface area contributed by atoms with Crippen molar-refractivity contribution in [1.82, 2.24) is 15.3 Å². The van der Waals surface area contributed by atoms with Crippen molar-refractivity contribution in [2.45, 2.75) is 11.8 Å². The van der Waals surface area contributed by atoms with Gasteiger partial charge in [0.2, 0.25) is 0 Å². The van der Waals surface area contributed by atoms with Crippen molar-refractivity contribution in [2.24, 2.45) is 0 Å². The summed E-state index contributed by atoms with van der Waals surface area (Å²) in [6, 6.07) is 7.59. The molecule has 7 nitrogen and oxygen atoms in total. The number of aromatic hydroxyl groups is 1. The summed E-state index contributed by atoms with van der Waals surface area (Å²) >= 11 is 1.44. The summed E-state index contributed by atoms with van der Waals surface area (Å²) < 4.78 is 4.72. The molecular weight excluding hydrogens is 330 g/mol. The summed E-state index contributed by atoms with van der Waals surface area (Å²) in [6.07, 6.45) is 3.08. The van der Waals surface area contributed by atoms with E-state index in [2.05, 4.69) is 15.3 Å². The molecule has 24 heavy (non-hydrogen) atoms. The number of carbonyl (C=O) groups excluding carboxylic acids is 2. The second kappa shape index (κ2) is 8.88. The summed E-state index contributed by atoms with van der Waals surface area (Å²) in [4.78, 5) is 32.0. The molecular formula is C16H17N3O4S. The molecule has 1 atom stereocenters. The number of pyridine rings is 2. The maximum atomic E-state index is 12.2. The van der Waals surface area contributed by atoms with Gasteiger partial charge in [-0.2, -0.15) is 11.8 Å². The molecule has 0 fully saturated rings. The SMILES string of the molecule is COC(=O)[C@H](CSCc1ccccn1)NC(=O)c1ncccc1O. The Hall–Kier alpha value is -2.61. The maximum Gasteiger partial charge on any atom is 0.329 e. The van der Waals surface area contributed by atoms with Crippen LogP contribution in [0.5, 0.6) is 5.75 Å². The fourth-order valence-corrected chi connectivity index (χ4v) is 2.83. The van der Waals surface area contributed by atoms with Gasteiger partial charge >= 0.3 is 5.97 Å². The lowest BCUT2D eigenvalue weighted by molar-refractivity contribution is -0.142. The smallest absolute Gasteiger partial charge is 0.329 e. The summed E-state index contributed by atoms with van der Waals surface area (Å²) in [5, 5.41) is 12.2. The third kappa shape index (κ3) is 4.95. The van der Waals surface area contributed by atoms with E-state index in [1.165, 1.54) is 37.2 Å². The number of nitrogens with one attached hydrogen (secondary N) is 1. The number of aromatic nitrogens is 2. The van der Waals surface area contributed by atoms with Crippen molar-refractivity contribution < 1.29 is 19.4 Å². The molecule has 2 aromatic rings. The quantitative estimate of drug-likeness (QED) is 0.730. The number of methoxy groups -OCH3 is 1. The first kappa shape index (κ1) is 17.7. The van der Waals surface area contributed by atoms with Gasteiger partial charge in [-0.05, 0) is 24.3 Å². The Kier molecular flexibility index (Phi) is 6.56. The molecule has 0 aliphatic carbocycles. The summed E-state index contributed by atoms with van der Waals surface area (Å²) in [7, 11) is 1.25. The Bertz CT molecular complexity index is 697. The zero-order valence-corrected chi connectivity index (χ0v) is 13.8. The standard InChI is InChI=1S/C16H17N3O4S/c1-23-16(22)12(10-24-9-11-5-2-3-7-17-11)19-15(21)14-13(20)6-4-8-18-14/h2-8,12,20H,9-10H2,1H3,(H,19,21)/t12-/m0/s1. The van der Waals surface area contributed by atoms with E-state index in [0.29, 0.717) is 11.5 Å². The van der Waals surface area contributed by atoms with Gasteiger partial charge in [-0.25, -0.2) is 9.78 Å². The van der Waals surface area contributed by atoms with Crippen LogP contribution in [0.3, 0.4) is 0 Å². The van der Waals surface area contributed by atoms with Crippen molar-refractivity contribution >= 4 is 23.6 Å². The normalized spacial score (nSPS) is 11.5. The Morgan fingerprint density at radius 3 is 2.71 bits per heavy atom. The predicted molar refractivity (Wildman–Crippen MR) is 89.6 cm³/mol. The highest BCUT2D eigenvalue weighted by molar-refractivity contribution is 7.98. The first-order chi connectivity index (χ1) is 11.6. The monoisotopic (exact) mass is 347 g/mol. The van der Waals surface area contributed by atoms with Gasteiger partial charge in [-0.15, -0.1) is 0 Å². The lowest BCUT2D eigenvalue weighted by Gasteiger charge is -2.16. The molecule has 126 valence electrons. The molecule has 2 aromatic heterocycles. The van der Waals surface area contributed by atoms with Crippen LogP contribution in [0, 0.1) is 0 Å². The molecule has 0 saturated carbocycles. The minimum Gasteiger partial charge on any atom is -0.505 e. The lowest BCUT2D eigenvalue weighted by Crippen LogP contribution is -2.43. The Balaban J connectivity index is 1.97. The fraction of sp³-hybridized carbons (Fsp3) is 0.250. The molecule has 0 spiro atoms. The minimum atomic E-state index is -0.849. The van der Waals surface area contributed by atoms with Crippen molar-refractivity contribution in [2.75, 3.05) is 12.9 Å². The van der Waals surface area contributed by atoms with E-state index < -0.39 is 17.9 Å². The van der Waals surface area contributed by atoms with Crippen LogP contribution in [-0.4, -0.2) is 45.9 Å². The third-order valence-electron chi connectivity index (χ3n) is 3.05. The number of hydrogen-bond acceptors (Lipinski definition) is 7. The number of esters is 1. The number of nitrogens with zero attached hydrogens (tertiary/aromatic N) is 2. The van der Waals surface area contributed by atoms with E-state index in [1.54, 1.807) is 6.20 Å². The molecule has 0 aromatic carbocycles. The lowest BCUT2D eigenvalue weighted by atomic mass is 10.2. The van der Waals surface area contributed by atoms with Gasteiger partial charge in [-0.1, -0.05) is 6.07 Å². The van der Waals surface area contributed by atoms with Crippen LogP contribution in [0.15, 0.2) is 42.7 Å². The number of hydrogen-bond donors (Lipinski definition) is 2. The van der Waals surface area contributed by atoms with Gasteiger partial charge in [0.05, 0.1) is 12.8 Å². The molecule has 0 aliphatic heterocycles. The molecule has 0 unspecified atom stereocenters. The van der Waals surface area contributed by atoms with Gasteiger partial charge in [0, 0.05) is 23.9 Å². The highest BCUT2D eigenvalue weighted by Crippen LogP contribution is 2.15. The Morgan fingerprint density at radius 2 is 2.04 bits per heavy atom. The molecule has 1 amide bonds. The topological polar surface area (TPSA) is 101 Å². The summed E-state index contributed by atoms with van der Waals surface area (Å²) in [5.74, 6) is -0.546. The van der Waals surface area contributed by atoms with Crippen LogP contribution in [0.25, 0.3) is 0 Å². The van der Waals surface area contributed by atoms with E-state index in [1.807, 2.05) is 18.2 Å². The number of ether oxygens (including phenoxy) is 1. The van der Waals surface area contributed by atoms with Gasteiger partial charge in [-0.3, -0.25) is 9.78 Å². The first-order valence-electron chi connectivity index (χ1n) is 7.12. The first-order valence-corrected chi connectivity index (χ1v) is 8.27. The van der Waals surface area contributed by atoms with Crippen molar-refractivity contribution in [3.63, 3.8) is 0 Å². The number of rotatable bonds is 7. The molecule has 0 radical (unpaired) electrons. The van der Waals surface area contributed by atoms with Crippen LogP contribution >= 0.6 is 11.8 Å². The van der Waals surface area contributed by atoms with Crippen molar-refractivity contribution in [1.29, 1.82) is 0 Å². The molecule has 2 heterocycles. The maximum absolute atomic E-state index is 12.2. The molecule has 2 rings (SSSR count). The van der Waals surface area contributed by atoms with Crippen molar-refractivity contribution in [3.05, 3.63) is 54.1 Å². The predicted octanol–water partition coefficient (Wildman–Crippen LogP) is 1.39. The molecule has 0 aliphatic rings. The van der Waals surface area contributed by atoms with Crippen LogP contribution in [-0.2, 0) is 15.3 Å². The largest absolute Gasteiger partial charge is 0.505 e. The zero-order chi connectivity index (χ0) is 17.4. The summed E-state index contributed by atoms with van der Waals surface area (Å²) in [6.45, 7) is 0. The highest BCUT2D eigenvalue weighted by atomic mass is 32.2. The van der Waals surface area contributed by atoms with Gasteiger partial charge < -0.3 is 15.2 Å². The average molecular weight is 347 g/mol. The molecule has 0 bridgehead atoms.